The number of para-hydroxylation sites is 2. The van der Waals surface area contributed by atoms with Gasteiger partial charge in [0.15, 0.2) is 0 Å². The minimum atomic E-state index is 0.359. The van der Waals surface area contributed by atoms with Crippen molar-refractivity contribution >= 4 is 0 Å². The highest BCUT2D eigenvalue weighted by molar-refractivity contribution is 5.32. The van der Waals surface area contributed by atoms with Crippen LogP contribution in [0.25, 0.3) is 0 Å². The predicted molar refractivity (Wildman–Crippen MR) is 121 cm³/mol. The van der Waals surface area contributed by atoms with E-state index in [1.54, 1.807) is 12.1 Å². The van der Waals surface area contributed by atoms with E-state index in [0.29, 0.717) is 11.5 Å². The fourth-order valence-corrected chi connectivity index (χ4v) is 2.75. The Morgan fingerprint density at radius 3 is 1.21 bits per heavy atom. The van der Waals surface area contributed by atoms with Crippen molar-refractivity contribution in [3.8, 4) is 11.5 Å². The van der Waals surface area contributed by atoms with Gasteiger partial charge in [-0.05, 0) is 25.2 Å². The molecule has 4 nitrogen and oxygen atoms in total. The Bertz CT molecular complexity index is 576. The van der Waals surface area contributed by atoms with Crippen LogP contribution in [0, 0.1) is 0 Å². The topological polar surface area (TPSA) is 46.9 Å². The summed E-state index contributed by atoms with van der Waals surface area (Å²) in [5.41, 5.74) is 1.92. The third kappa shape index (κ3) is 9.25. The van der Waals surface area contributed by atoms with Crippen molar-refractivity contribution in [3.05, 3.63) is 59.7 Å². The molecule has 28 heavy (non-hydrogen) atoms. The van der Waals surface area contributed by atoms with Gasteiger partial charge in [-0.2, -0.15) is 0 Å². The van der Waals surface area contributed by atoms with Gasteiger partial charge in [-0.15, -0.1) is 0 Å². The molecule has 0 aliphatic rings. The lowest BCUT2D eigenvalue weighted by atomic mass is 10.1. The van der Waals surface area contributed by atoms with Crippen LogP contribution < -0.4 is 0 Å². The van der Waals surface area contributed by atoms with Gasteiger partial charge in [0.1, 0.15) is 11.5 Å². The molecule has 2 aromatic carbocycles. The SMILES string of the molecule is CC.CC.CCN(CCN(CC)Cc1ccccc1O)Cc1ccccc1O. The zero-order valence-corrected chi connectivity index (χ0v) is 18.7. The summed E-state index contributed by atoms with van der Waals surface area (Å²) in [6, 6.07) is 15.0. The van der Waals surface area contributed by atoms with Crippen molar-refractivity contribution in [2.75, 3.05) is 26.2 Å². The highest BCUT2D eigenvalue weighted by Gasteiger charge is 2.11. The summed E-state index contributed by atoms with van der Waals surface area (Å²) >= 11 is 0. The first-order valence-electron chi connectivity index (χ1n) is 10.6. The Morgan fingerprint density at radius 1 is 0.607 bits per heavy atom. The van der Waals surface area contributed by atoms with Crippen LogP contribution in [-0.4, -0.2) is 46.2 Å². The van der Waals surface area contributed by atoms with E-state index in [2.05, 4.69) is 23.6 Å². The second kappa shape index (κ2) is 16.0. The van der Waals surface area contributed by atoms with E-state index in [1.807, 2.05) is 64.1 Å². The first-order valence-corrected chi connectivity index (χ1v) is 10.6. The number of aromatic hydroxyl groups is 2. The lowest BCUT2D eigenvalue weighted by molar-refractivity contribution is 0.202. The average Bonchev–Trinajstić information content (AvgIpc) is 2.75. The predicted octanol–water partition coefficient (Wildman–Crippen LogP) is 5.49. The van der Waals surface area contributed by atoms with Gasteiger partial charge in [-0.3, -0.25) is 9.80 Å². The third-order valence-electron chi connectivity index (χ3n) is 4.40. The number of nitrogens with zero attached hydrogens (tertiary/aromatic N) is 2. The lowest BCUT2D eigenvalue weighted by Gasteiger charge is -2.26. The fourth-order valence-electron chi connectivity index (χ4n) is 2.75. The van der Waals surface area contributed by atoms with Crippen molar-refractivity contribution in [2.45, 2.75) is 54.6 Å². The molecular weight excluding hydrogens is 348 g/mol. The van der Waals surface area contributed by atoms with Gasteiger partial charge in [0.25, 0.3) is 0 Å². The van der Waals surface area contributed by atoms with Gasteiger partial charge >= 0.3 is 0 Å². The van der Waals surface area contributed by atoms with Crippen LogP contribution >= 0.6 is 0 Å². The summed E-state index contributed by atoms with van der Waals surface area (Å²) in [7, 11) is 0. The maximum Gasteiger partial charge on any atom is 0.120 e. The summed E-state index contributed by atoms with van der Waals surface area (Å²) in [5.74, 6) is 0.718. The van der Waals surface area contributed by atoms with Crippen LogP contribution in [-0.2, 0) is 13.1 Å². The molecular formula is C24H40N2O2. The van der Waals surface area contributed by atoms with E-state index in [1.165, 1.54) is 0 Å². The summed E-state index contributed by atoms with van der Waals surface area (Å²) in [6.45, 7) is 17.5. The summed E-state index contributed by atoms with van der Waals surface area (Å²) < 4.78 is 0. The van der Waals surface area contributed by atoms with E-state index >= 15 is 0 Å². The van der Waals surface area contributed by atoms with E-state index in [4.69, 9.17) is 0 Å². The summed E-state index contributed by atoms with van der Waals surface area (Å²) in [4.78, 5) is 4.64. The zero-order valence-electron chi connectivity index (χ0n) is 18.7. The van der Waals surface area contributed by atoms with E-state index in [-0.39, 0.29) is 0 Å². The largest absolute Gasteiger partial charge is 0.508 e. The standard InChI is InChI=1S/C20H28N2O2.2C2H6/c1-3-21(15-17-9-5-7-11-19(17)23)13-14-22(4-2)16-18-10-6-8-12-20(18)24;2*1-2/h5-12,23-24H,3-4,13-16H2,1-2H3;2*1-2H3. The molecule has 0 aromatic heterocycles. The van der Waals surface area contributed by atoms with Crippen LogP contribution in [0.15, 0.2) is 48.5 Å². The molecule has 0 radical (unpaired) electrons. The molecule has 0 saturated heterocycles. The minimum absolute atomic E-state index is 0.359. The Labute approximate surface area is 172 Å². The van der Waals surface area contributed by atoms with Crippen LogP contribution in [0.1, 0.15) is 52.7 Å². The van der Waals surface area contributed by atoms with Crippen LogP contribution in [0.5, 0.6) is 11.5 Å². The van der Waals surface area contributed by atoms with Gasteiger partial charge in [0, 0.05) is 37.3 Å². The monoisotopic (exact) mass is 388 g/mol. The van der Waals surface area contributed by atoms with Gasteiger partial charge in [0.05, 0.1) is 0 Å². The Hall–Kier alpha value is -2.04. The molecule has 2 N–H and O–H groups in total. The number of phenols is 2. The molecule has 0 amide bonds. The maximum absolute atomic E-state index is 9.94. The molecule has 0 fully saturated rings. The first kappa shape index (κ1) is 26.0. The molecule has 0 atom stereocenters. The van der Waals surface area contributed by atoms with Crippen LogP contribution in [0.4, 0.5) is 0 Å². The number of hydrogen-bond acceptors (Lipinski definition) is 4. The van der Waals surface area contributed by atoms with Gasteiger partial charge in [-0.1, -0.05) is 77.9 Å². The quantitative estimate of drug-likeness (QED) is 0.596. The van der Waals surface area contributed by atoms with Crippen molar-refractivity contribution in [3.63, 3.8) is 0 Å². The lowest BCUT2D eigenvalue weighted by Crippen LogP contribution is -2.34. The number of benzene rings is 2. The normalized spacial score (nSPS) is 10.1. The summed E-state index contributed by atoms with van der Waals surface area (Å²) in [5, 5.41) is 19.9. The molecule has 0 spiro atoms. The van der Waals surface area contributed by atoms with Crippen molar-refractivity contribution in [1.29, 1.82) is 0 Å². The molecule has 0 aliphatic carbocycles. The average molecular weight is 389 g/mol. The fraction of sp³-hybridized carbons (Fsp3) is 0.500. The minimum Gasteiger partial charge on any atom is -0.508 e. The van der Waals surface area contributed by atoms with E-state index in [9.17, 15) is 10.2 Å². The highest BCUT2D eigenvalue weighted by Crippen LogP contribution is 2.19. The second-order valence-electron chi connectivity index (χ2n) is 5.99. The number of phenolic OH excluding ortho intramolecular Hbond substituents is 2. The van der Waals surface area contributed by atoms with Crippen LogP contribution in [0.2, 0.25) is 0 Å². The smallest absolute Gasteiger partial charge is 0.120 e. The number of likely N-dealkylation sites (N-methyl/N-ethyl adjacent to an activating group) is 2. The van der Waals surface area contributed by atoms with E-state index in [0.717, 1.165) is 50.4 Å². The molecule has 4 heteroatoms. The summed E-state index contributed by atoms with van der Waals surface area (Å²) in [6.07, 6.45) is 0. The molecule has 158 valence electrons. The Morgan fingerprint density at radius 2 is 0.929 bits per heavy atom. The van der Waals surface area contributed by atoms with Gasteiger partial charge in [-0.25, -0.2) is 0 Å². The molecule has 2 rings (SSSR count). The van der Waals surface area contributed by atoms with E-state index < -0.39 is 0 Å². The van der Waals surface area contributed by atoms with Gasteiger partial charge < -0.3 is 10.2 Å². The van der Waals surface area contributed by atoms with Crippen molar-refractivity contribution < 1.29 is 10.2 Å². The Kier molecular flexibility index (Phi) is 14.8. The molecule has 2 aromatic rings. The van der Waals surface area contributed by atoms with Gasteiger partial charge in [0.2, 0.25) is 0 Å². The van der Waals surface area contributed by atoms with Crippen molar-refractivity contribution in [2.24, 2.45) is 0 Å². The van der Waals surface area contributed by atoms with Crippen molar-refractivity contribution in [1.82, 2.24) is 9.80 Å². The first-order chi connectivity index (χ1) is 13.6. The van der Waals surface area contributed by atoms with Crippen LogP contribution in [0.3, 0.4) is 0 Å². The molecule has 0 bridgehead atoms. The third-order valence-corrected chi connectivity index (χ3v) is 4.40. The number of hydrogen-bond donors (Lipinski definition) is 2. The second-order valence-corrected chi connectivity index (χ2v) is 5.99. The number of rotatable bonds is 9. The molecule has 0 aliphatic heterocycles. The molecule has 0 saturated carbocycles. The maximum atomic E-state index is 9.94. The molecule has 0 heterocycles. The highest BCUT2D eigenvalue weighted by atomic mass is 16.3. The zero-order chi connectivity index (χ0) is 21.4. The Balaban J connectivity index is 0.00000171. The molecule has 0 unspecified atom stereocenters.